The van der Waals surface area contributed by atoms with Crippen LogP contribution in [0.2, 0.25) is 4.34 Å². The van der Waals surface area contributed by atoms with E-state index in [4.69, 9.17) is 11.6 Å². The number of hydrogen-bond donors (Lipinski definition) is 1. The number of hydrogen-bond acceptors (Lipinski definition) is 3. The summed E-state index contributed by atoms with van der Waals surface area (Å²) < 4.78 is 13.5. The van der Waals surface area contributed by atoms with E-state index in [1.54, 1.807) is 30.1 Å². The maximum atomic E-state index is 12.8. The molecule has 0 aliphatic carbocycles. The number of likely N-dealkylation sites (N-methyl/N-ethyl adjacent to an activating group) is 1. The van der Waals surface area contributed by atoms with Gasteiger partial charge < -0.3 is 10.2 Å². The lowest BCUT2D eigenvalue weighted by Gasteiger charge is -2.18. The Labute approximate surface area is 126 Å². The van der Waals surface area contributed by atoms with E-state index in [2.05, 4.69) is 5.32 Å². The third-order valence-electron chi connectivity index (χ3n) is 2.74. The van der Waals surface area contributed by atoms with Crippen LogP contribution in [0.3, 0.4) is 0 Å². The van der Waals surface area contributed by atoms with Gasteiger partial charge in [-0.2, -0.15) is 0 Å². The van der Waals surface area contributed by atoms with Crippen molar-refractivity contribution in [1.29, 1.82) is 0 Å². The van der Waals surface area contributed by atoms with Crippen molar-refractivity contribution in [3.63, 3.8) is 0 Å². The lowest BCUT2D eigenvalue weighted by molar-refractivity contribution is -0.119. The van der Waals surface area contributed by atoms with E-state index in [0.29, 0.717) is 10.9 Å². The fraction of sp³-hybridized carbons (Fsp3) is 0.214. The van der Waals surface area contributed by atoms with Crippen LogP contribution in [-0.2, 0) is 11.3 Å². The normalized spacial score (nSPS) is 10.3. The summed E-state index contributed by atoms with van der Waals surface area (Å²) in [6.07, 6.45) is 0. The molecule has 106 valence electrons. The Morgan fingerprint density at radius 3 is 2.60 bits per heavy atom. The molecule has 0 saturated carbocycles. The molecule has 6 heteroatoms. The highest BCUT2D eigenvalue weighted by molar-refractivity contribution is 7.16. The Morgan fingerprint density at radius 2 is 2.00 bits per heavy atom. The summed E-state index contributed by atoms with van der Waals surface area (Å²) in [4.78, 5) is 14.6. The van der Waals surface area contributed by atoms with Gasteiger partial charge in [-0.3, -0.25) is 4.79 Å². The average Bonchev–Trinajstić information content (AvgIpc) is 2.83. The summed E-state index contributed by atoms with van der Waals surface area (Å²) in [7, 11) is 1.79. The molecule has 20 heavy (non-hydrogen) atoms. The molecule has 2 rings (SSSR count). The number of rotatable bonds is 5. The minimum atomic E-state index is -0.291. The van der Waals surface area contributed by atoms with E-state index in [1.807, 2.05) is 6.07 Å². The first kappa shape index (κ1) is 14.8. The summed E-state index contributed by atoms with van der Waals surface area (Å²) in [5.74, 6) is -0.387. The van der Waals surface area contributed by atoms with Crippen LogP contribution < -0.4 is 10.2 Å². The van der Waals surface area contributed by atoms with Crippen LogP contribution in [0.4, 0.5) is 10.1 Å². The van der Waals surface area contributed by atoms with Gasteiger partial charge in [0.2, 0.25) is 5.91 Å². The highest BCUT2D eigenvalue weighted by Gasteiger charge is 2.08. The quantitative estimate of drug-likeness (QED) is 0.919. The Balaban J connectivity index is 1.83. The van der Waals surface area contributed by atoms with Gasteiger partial charge >= 0.3 is 0 Å². The van der Waals surface area contributed by atoms with Crippen molar-refractivity contribution in [3.8, 4) is 0 Å². The number of halogens is 2. The average molecular weight is 313 g/mol. The fourth-order valence-electron chi connectivity index (χ4n) is 1.69. The van der Waals surface area contributed by atoms with Gasteiger partial charge in [0.05, 0.1) is 17.4 Å². The molecule has 2 aromatic rings. The summed E-state index contributed by atoms with van der Waals surface area (Å²) in [5.41, 5.74) is 0.792. The second-order valence-corrected chi connectivity index (χ2v) is 6.11. The van der Waals surface area contributed by atoms with E-state index >= 15 is 0 Å². The van der Waals surface area contributed by atoms with Crippen LogP contribution in [0, 0.1) is 5.82 Å². The second kappa shape index (κ2) is 6.72. The van der Waals surface area contributed by atoms with Crippen molar-refractivity contribution in [2.24, 2.45) is 0 Å². The van der Waals surface area contributed by atoms with Gasteiger partial charge in [0.25, 0.3) is 0 Å². The Morgan fingerprint density at radius 1 is 1.30 bits per heavy atom. The third-order valence-corrected chi connectivity index (χ3v) is 3.97. The maximum Gasteiger partial charge on any atom is 0.239 e. The van der Waals surface area contributed by atoms with Crippen LogP contribution in [0.1, 0.15) is 4.88 Å². The molecule has 3 nitrogen and oxygen atoms in total. The van der Waals surface area contributed by atoms with Gasteiger partial charge in [-0.25, -0.2) is 4.39 Å². The van der Waals surface area contributed by atoms with E-state index in [1.165, 1.54) is 23.5 Å². The Hall–Kier alpha value is -1.59. The van der Waals surface area contributed by atoms with E-state index in [9.17, 15) is 9.18 Å². The number of anilines is 1. The minimum Gasteiger partial charge on any atom is -0.365 e. The summed E-state index contributed by atoms with van der Waals surface area (Å²) in [5, 5.41) is 2.82. The van der Waals surface area contributed by atoms with Gasteiger partial charge in [-0.15, -0.1) is 11.3 Å². The van der Waals surface area contributed by atoms with Crippen molar-refractivity contribution in [2.45, 2.75) is 6.54 Å². The zero-order valence-electron chi connectivity index (χ0n) is 10.9. The lowest BCUT2D eigenvalue weighted by Crippen LogP contribution is -2.34. The largest absolute Gasteiger partial charge is 0.365 e. The standard InChI is InChI=1S/C14H14ClFN2OS/c1-18(11-4-2-10(16)3-5-11)9-14(19)17-8-12-6-7-13(15)20-12/h2-7H,8-9H2,1H3,(H,17,19). The first-order valence-electron chi connectivity index (χ1n) is 6.02. The zero-order chi connectivity index (χ0) is 14.5. The Bertz CT molecular complexity index is 585. The molecule has 1 aromatic carbocycles. The summed E-state index contributed by atoms with van der Waals surface area (Å²) in [6, 6.07) is 9.72. The van der Waals surface area contributed by atoms with Gasteiger partial charge in [0, 0.05) is 17.6 Å². The van der Waals surface area contributed by atoms with Crippen molar-refractivity contribution in [3.05, 3.63) is 51.4 Å². The zero-order valence-corrected chi connectivity index (χ0v) is 12.5. The van der Waals surface area contributed by atoms with Crippen molar-refractivity contribution >= 4 is 34.5 Å². The highest BCUT2D eigenvalue weighted by atomic mass is 35.5. The summed E-state index contributed by atoms with van der Waals surface area (Å²) >= 11 is 7.26. The second-order valence-electron chi connectivity index (χ2n) is 4.32. The van der Waals surface area contributed by atoms with Gasteiger partial charge in [-0.05, 0) is 36.4 Å². The lowest BCUT2D eigenvalue weighted by atomic mass is 10.3. The topological polar surface area (TPSA) is 32.3 Å². The molecule has 1 N–H and O–H groups in total. The van der Waals surface area contributed by atoms with E-state index < -0.39 is 0 Å². The first-order valence-corrected chi connectivity index (χ1v) is 7.21. The number of carbonyl (C=O) groups is 1. The van der Waals surface area contributed by atoms with Crippen molar-refractivity contribution in [2.75, 3.05) is 18.5 Å². The van der Waals surface area contributed by atoms with Crippen LogP contribution in [-0.4, -0.2) is 19.5 Å². The molecule has 0 radical (unpaired) electrons. The molecule has 1 heterocycles. The number of benzene rings is 1. The number of nitrogens with one attached hydrogen (secondary N) is 1. The predicted molar refractivity (Wildman–Crippen MR) is 80.8 cm³/mol. The molecule has 0 aliphatic rings. The monoisotopic (exact) mass is 312 g/mol. The molecule has 0 atom stereocenters. The molecule has 0 saturated heterocycles. The Kier molecular flexibility index (Phi) is 4.98. The predicted octanol–water partition coefficient (Wildman–Crippen LogP) is 3.29. The number of thiophene rings is 1. The first-order chi connectivity index (χ1) is 9.54. The molecular weight excluding hydrogens is 299 g/mol. The van der Waals surface area contributed by atoms with E-state index in [0.717, 1.165) is 10.6 Å². The molecule has 0 spiro atoms. The number of carbonyl (C=O) groups excluding carboxylic acids is 1. The smallest absolute Gasteiger partial charge is 0.239 e. The van der Waals surface area contributed by atoms with Gasteiger partial charge in [-0.1, -0.05) is 11.6 Å². The van der Waals surface area contributed by atoms with Gasteiger partial charge in [0.1, 0.15) is 5.82 Å². The molecule has 0 bridgehead atoms. The molecule has 1 aromatic heterocycles. The molecular formula is C14H14ClFN2OS. The van der Waals surface area contributed by atoms with Crippen LogP contribution in [0.5, 0.6) is 0 Å². The fourth-order valence-corrected chi connectivity index (χ4v) is 2.72. The molecule has 0 unspecified atom stereocenters. The highest BCUT2D eigenvalue weighted by Crippen LogP contribution is 2.21. The van der Waals surface area contributed by atoms with Crippen LogP contribution >= 0.6 is 22.9 Å². The maximum absolute atomic E-state index is 12.8. The van der Waals surface area contributed by atoms with E-state index in [-0.39, 0.29) is 18.3 Å². The number of amides is 1. The van der Waals surface area contributed by atoms with Gasteiger partial charge in [0.15, 0.2) is 0 Å². The molecule has 0 fully saturated rings. The number of nitrogens with zero attached hydrogens (tertiary/aromatic N) is 1. The minimum absolute atomic E-state index is 0.0960. The van der Waals surface area contributed by atoms with Crippen LogP contribution in [0.15, 0.2) is 36.4 Å². The van der Waals surface area contributed by atoms with Crippen LogP contribution in [0.25, 0.3) is 0 Å². The third kappa shape index (κ3) is 4.21. The summed E-state index contributed by atoms with van der Waals surface area (Å²) in [6.45, 7) is 0.679. The van der Waals surface area contributed by atoms with Crippen molar-refractivity contribution in [1.82, 2.24) is 5.32 Å². The SMILES string of the molecule is CN(CC(=O)NCc1ccc(Cl)s1)c1ccc(F)cc1. The molecule has 0 aliphatic heterocycles. The molecule has 1 amide bonds. The van der Waals surface area contributed by atoms with Crippen molar-refractivity contribution < 1.29 is 9.18 Å².